The molecule has 5 nitrogen and oxygen atoms in total. The molecule has 0 aliphatic rings. The molecule has 5 heteroatoms. The summed E-state index contributed by atoms with van der Waals surface area (Å²) in [5, 5.41) is 7.05. The third-order valence-electron chi connectivity index (χ3n) is 2.65. The van der Waals surface area contributed by atoms with Crippen molar-refractivity contribution >= 4 is 11.6 Å². The molecule has 0 saturated carbocycles. The normalized spacial score (nSPS) is 10.8. The van der Waals surface area contributed by atoms with Crippen LogP contribution in [0.3, 0.4) is 0 Å². The maximum atomic E-state index is 11.9. The molecule has 1 heterocycles. The van der Waals surface area contributed by atoms with E-state index in [1.54, 1.807) is 10.9 Å². The summed E-state index contributed by atoms with van der Waals surface area (Å²) in [6, 6.07) is 0.193. The van der Waals surface area contributed by atoms with Gasteiger partial charge in [0.05, 0.1) is 5.69 Å². The van der Waals surface area contributed by atoms with Gasteiger partial charge in [0.1, 0.15) is 0 Å². The van der Waals surface area contributed by atoms with Gasteiger partial charge in [-0.2, -0.15) is 5.10 Å². The summed E-state index contributed by atoms with van der Waals surface area (Å²) in [5.74, 6) is -0.182. The van der Waals surface area contributed by atoms with Crippen LogP contribution in [0, 0.1) is 0 Å². The fourth-order valence-corrected chi connectivity index (χ4v) is 1.52. The van der Waals surface area contributed by atoms with Gasteiger partial charge >= 0.3 is 0 Å². The quantitative estimate of drug-likeness (QED) is 0.794. The highest BCUT2D eigenvalue weighted by Gasteiger charge is 2.16. The number of amides is 1. The number of anilines is 1. The van der Waals surface area contributed by atoms with Gasteiger partial charge in [-0.1, -0.05) is 13.8 Å². The van der Waals surface area contributed by atoms with E-state index in [0.717, 1.165) is 12.8 Å². The molecule has 1 aromatic rings. The third kappa shape index (κ3) is 2.74. The lowest BCUT2D eigenvalue weighted by Crippen LogP contribution is -2.34. The van der Waals surface area contributed by atoms with E-state index < -0.39 is 0 Å². The first-order valence-electron chi connectivity index (χ1n) is 5.76. The molecule has 0 bridgehead atoms. The van der Waals surface area contributed by atoms with Gasteiger partial charge in [0, 0.05) is 18.8 Å². The lowest BCUT2D eigenvalue weighted by atomic mass is 10.1. The molecular weight excluding hydrogens is 204 g/mol. The van der Waals surface area contributed by atoms with Crippen molar-refractivity contribution in [2.45, 2.75) is 46.2 Å². The number of carbonyl (C=O) groups excluding carboxylic acids is 1. The minimum absolute atomic E-state index is 0.182. The minimum atomic E-state index is -0.182. The molecule has 0 fully saturated rings. The summed E-state index contributed by atoms with van der Waals surface area (Å²) in [5.41, 5.74) is 6.50. The highest BCUT2D eigenvalue weighted by atomic mass is 16.2. The fourth-order valence-electron chi connectivity index (χ4n) is 1.52. The molecule has 0 spiro atoms. The van der Waals surface area contributed by atoms with E-state index in [-0.39, 0.29) is 11.9 Å². The van der Waals surface area contributed by atoms with Gasteiger partial charge in [0.15, 0.2) is 5.69 Å². The zero-order valence-electron chi connectivity index (χ0n) is 10.2. The van der Waals surface area contributed by atoms with Crippen molar-refractivity contribution in [3.8, 4) is 0 Å². The van der Waals surface area contributed by atoms with Crippen LogP contribution in [0.4, 0.5) is 5.69 Å². The number of rotatable bonds is 5. The highest BCUT2D eigenvalue weighted by molar-refractivity contribution is 5.97. The summed E-state index contributed by atoms with van der Waals surface area (Å²) >= 11 is 0. The number of aromatic nitrogens is 2. The van der Waals surface area contributed by atoms with E-state index >= 15 is 0 Å². The molecule has 16 heavy (non-hydrogen) atoms. The molecule has 0 saturated heterocycles. The Balaban J connectivity index is 2.75. The molecule has 1 aromatic heterocycles. The summed E-state index contributed by atoms with van der Waals surface area (Å²) < 4.78 is 1.66. The van der Waals surface area contributed by atoms with Gasteiger partial charge in [-0.15, -0.1) is 0 Å². The second-order valence-corrected chi connectivity index (χ2v) is 3.78. The van der Waals surface area contributed by atoms with E-state index in [1.807, 2.05) is 20.8 Å². The zero-order valence-corrected chi connectivity index (χ0v) is 10.2. The van der Waals surface area contributed by atoms with Crippen molar-refractivity contribution in [1.29, 1.82) is 0 Å². The van der Waals surface area contributed by atoms with E-state index in [9.17, 15) is 4.79 Å². The third-order valence-corrected chi connectivity index (χ3v) is 2.65. The standard InChI is InChI=1S/C11H20N4O/c1-4-8(5-2)13-11(16)10-9(12)7-15(6-3)14-10/h7-8H,4-6,12H2,1-3H3,(H,13,16). The first-order valence-corrected chi connectivity index (χ1v) is 5.76. The van der Waals surface area contributed by atoms with Crippen molar-refractivity contribution in [2.24, 2.45) is 0 Å². The van der Waals surface area contributed by atoms with Gasteiger partial charge in [-0.3, -0.25) is 9.48 Å². The van der Waals surface area contributed by atoms with Crippen LogP contribution in [0.5, 0.6) is 0 Å². The summed E-state index contributed by atoms with van der Waals surface area (Å²) in [6.07, 6.45) is 3.51. The van der Waals surface area contributed by atoms with Crippen molar-refractivity contribution < 1.29 is 4.79 Å². The number of nitrogens with zero attached hydrogens (tertiary/aromatic N) is 2. The molecule has 0 unspecified atom stereocenters. The number of hydrogen-bond donors (Lipinski definition) is 2. The van der Waals surface area contributed by atoms with Crippen LogP contribution in [0.25, 0.3) is 0 Å². The zero-order chi connectivity index (χ0) is 12.1. The molecule has 0 aromatic carbocycles. The average Bonchev–Trinajstić information content (AvgIpc) is 2.67. The van der Waals surface area contributed by atoms with Crippen LogP contribution in [0.15, 0.2) is 6.20 Å². The number of nitrogen functional groups attached to an aromatic ring is 1. The van der Waals surface area contributed by atoms with Crippen LogP contribution in [0.2, 0.25) is 0 Å². The first-order chi connectivity index (χ1) is 7.62. The van der Waals surface area contributed by atoms with E-state index in [2.05, 4.69) is 10.4 Å². The molecule has 3 N–H and O–H groups in total. The SMILES string of the molecule is CCC(CC)NC(=O)c1nn(CC)cc1N. The van der Waals surface area contributed by atoms with Gasteiger partial charge in [0.2, 0.25) is 0 Å². The van der Waals surface area contributed by atoms with Crippen LogP contribution < -0.4 is 11.1 Å². The number of hydrogen-bond acceptors (Lipinski definition) is 3. The largest absolute Gasteiger partial charge is 0.396 e. The summed E-state index contributed by atoms with van der Waals surface area (Å²) in [6.45, 7) is 6.75. The molecule has 1 amide bonds. The Morgan fingerprint density at radius 3 is 2.56 bits per heavy atom. The molecule has 1 rings (SSSR count). The maximum Gasteiger partial charge on any atom is 0.274 e. The van der Waals surface area contributed by atoms with Crippen molar-refractivity contribution in [1.82, 2.24) is 15.1 Å². The van der Waals surface area contributed by atoms with Crippen molar-refractivity contribution in [3.05, 3.63) is 11.9 Å². The molecule has 0 aliphatic carbocycles. The monoisotopic (exact) mass is 224 g/mol. The van der Waals surface area contributed by atoms with E-state index in [4.69, 9.17) is 5.73 Å². The van der Waals surface area contributed by atoms with Crippen molar-refractivity contribution in [2.75, 3.05) is 5.73 Å². The number of aryl methyl sites for hydroxylation is 1. The molecular formula is C11H20N4O. The number of carbonyl (C=O) groups is 1. The fraction of sp³-hybridized carbons (Fsp3) is 0.636. The Morgan fingerprint density at radius 2 is 2.12 bits per heavy atom. The summed E-state index contributed by atoms with van der Waals surface area (Å²) in [4.78, 5) is 11.9. The second-order valence-electron chi connectivity index (χ2n) is 3.78. The van der Waals surface area contributed by atoms with Crippen LogP contribution in [-0.4, -0.2) is 21.7 Å². The Hall–Kier alpha value is -1.52. The van der Waals surface area contributed by atoms with Crippen LogP contribution in [0.1, 0.15) is 44.1 Å². The predicted octanol–water partition coefficient (Wildman–Crippen LogP) is 1.40. The molecule has 0 radical (unpaired) electrons. The van der Waals surface area contributed by atoms with Crippen LogP contribution in [-0.2, 0) is 6.54 Å². The van der Waals surface area contributed by atoms with Gasteiger partial charge < -0.3 is 11.1 Å². The van der Waals surface area contributed by atoms with E-state index in [1.165, 1.54) is 0 Å². The Morgan fingerprint density at radius 1 is 1.50 bits per heavy atom. The Bertz CT molecular complexity index is 355. The van der Waals surface area contributed by atoms with Gasteiger partial charge in [-0.05, 0) is 19.8 Å². The second kappa shape index (κ2) is 5.53. The van der Waals surface area contributed by atoms with Gasteiger partial charge in [0.25, 0.3) is 5.91 Å². The molecule has 0 aliphatic heterocycles. The lowest BCUT2D eigenvalue weighted by Gasteiger charge is -2.13. The minimum Gasteiger partial charge on any atom is -0.396 e. The molecule has 0 atom stereocenters. The average molecular weight is 224 g/mol. The van der Waals surface area contributed by atoms with Crippen LogP contribution >= 0.6 is 0 Å². The Labute approximate surface area is 96.0 Å². The predicted molar refractivity (Wildman–Crippen MR) is 64.1 cm³/mol. The smallest absolute Gasteiger partial charge is 0.274 e. The van der Waals surface area contributed by atoms with Crippen molar-refractivity contribution in [3.63, 3.8) is 0 Å². The van der Waals surface area contributed by atoms with E-state index in [0.29, 0.717) is 17.9 Å². The van der Waals surface area contributed by atoms with Gasteiger partial charge in [-0.25, -0.2) is 0 Å². The highest BCUT2D eigenvalue weighted by Crippen LogP contribution is 2.09. The molecule has 90 valence electrons. The summed E-state index contributed by atoms with van der Waals surface area (Å²) in [7, 11) is 0. The number of nitrogens with two attached hydrogens (primary N) is 1. The Kier molecular flexibility index (Phi) is 4.34. The number of nitrogens with one attached hydrogen (secondary N) is 1. The lowest BCUT2D eigenvalue weighted by molar-refractivity contribution is 0.0930. The topological polar surface area (TPSA) is 72.9 Å². The first kappa shape index (κ1) is 12.5. The maximum absolute atomic E-state index is 11.9.